The van der Waals surface area contributed by atoms with Crippen LogP contribution in [0.1, 0.15) is 27.2 Å². The third-order valence-electron chi connectivity index (χ3n) is 1.99. The minimum absolute atomic E-state index is 0.0833. The number of aromatic nitrogens is 2. The van der Waals surface area contributed by atoms with E-state index in [1.807, 2.05) is 6.92 Å². The molecular formula is C10H19N5O. The van der Waals surface area contributed by atoms with Gasteiger partial charge in [-0.3, -0.25) is 0 Å². The minimum Gasteiger partial charge on any atom is -0.474 e. The number of nitrogens with zero attached hydrogens (tertiary/aromatic N) is 2. The van der Waals surface area contributed by atoms with Crippen molar-refractivity contribution in [3.05, 3.63) is 6.07 Å². The van der Waals surface area contributed by atoms with Crippen molar-refractivity contribution in [1.82, 2.24) is 9.97 Å². The fraction of sp³-hybridized carbons (Fsp3) is 0.600. The first-order valence-electron chi connectivity index (χ1n) is 5.29. The van der Waals surface area contributed by atoms with E-state index in [4.69, 9.17) is 16.3 Å². The zero-order valence-electron chi connectivity index (χ0n) is 9.90. The van der Waals surface area contributed by atoms with Crippen LogP contribution in [0.25, 0.3) is 0 Å². The lowest BCUT2D eigenvalue weighted by atomic mass is 10.1. The highest BCUT2D eigenvalue weighted by molar-refractivity contribution is 5.41. The zero-order chi connectivity index (χ0) is 12.1. The standard InChI is InChI=1S/C10H19N5O/c1-6(2)4-7(3)16-9-5-8(15-12)13-10(11)14-9/h5-7H,4,12H2,1-3H3,(H3,11,13,14,15). The van der Waals surface area contributed by atoms with Crippen LogP contribution in [0.4, 0.5) is 11.8 Å². The van der Waals surface area contributed by atoms with Crippen molar-refractivity contribution in [2.24, 2.45) is 11.8 Å². The van der Waals surface area contributed by atoms with Gasteiger partial charge in [0.1, 0.15) is 5.82 Å². The van der Waals surface area contributed by atoms with E-state index in [9.17, 15) is 0 Å². The third kappa shape index (κ3) is 3.90. The van der Waals surface area contributed by atoms with E-state index in [2.05, 4.69) is 29.2 Å². The van der Waals surface area contributed by atoms with Crippen molar-refractivity contribution in [2.45, 2.75) is 33.3 Å². The number of anilines is 2. The smallest absolute Gasteiger partial charge is 0.225 e. The lowest BCUT2D eigenvalue weighted by Crippen LogP contribution is -2.17. The summed E-state index contributed by atoms with van der Waals surface area (Å²) in [5, 5.41) is 0. The highest BCUT2D eigenvalue weighted by Gasteiger charge is 2.09. The van der Waals surface area contributed by atoms with Crippen molar-refractivity contribution in [1.29, 1.82) is 0 Å². The van der Waals surface area contributed by atoms with E-state index in [0.29, 0.717) is 17.6 Å². The Balaban J connectivity index is 2.69. The van der Waals surface area contributed by atoms with Crippen LogP contribution in [0, 0.1) is 5.92 Å². The number of hydrogen-bond donors (Lipinski definition) is 3. The lowest BCUT2D eigenvalue weighted by molar-refractivity contribution is 0.186. The summed E-state index contributed by atoms with van der Waals surface area (Å²) in [6.07, 6.45) is 1.04. The molecule has 6 nitrogen and oxygen atoms in total. The molecule has 0 spiro atoms. The summed E-state index contributed by atoms with van der Waals surface area (Å²) in [6.45, 7) is 6.27. The minimum atomic E-state index is 0.0833. The number of hydrazine groups is 1. The highest BCUT2D eigenvalue weighted by Crippen LogP contribution is 2.17. The van der Waals surface area contributed by atoms with Crippen LogP contribution in [0.15, 0.2) is 6.07 Å². The zero-order valence-corrected chi connectivity index (χ0v) is 9.90. The Labute approximate surface area is 95.4 Å². The average molecular weight is 225 g/mol. The second-order valence-electron chi connectivity index (χ2n) is 4.15. The molecule has 1 heterocycles. The predicted octanol–water partition coefficient (Wildman–Crippen LogP) is 1.16. The molecular weight excluding hydrogens is 206 g/mol. The lowest BCUT2D eigenvalue weighted by Gasteiger charge is -2.16. The summed E-state index contributed by atoms with van der Waals surface area (Å²) in [6, 6.07) is 1.62. The number of nitrogens with two attached hydrogens (primary N) is 2. The Kier molecular flexibility index (Phi) is 4.30. The third-order valence-corrected chi connectivity index (χ3v) is 1.99. The maximum absolute atomic E-state index is 5.62. The molecule has 0 aliphatic rings. The van der Waals surface area contributed by atoms with Gasteiger partial charge in [-0.05, 0) is 19.3 Å². The molecule has 1 aromatic rings. The van der Waals surface area contributed by atoms with Crippen molar-refractivity contribution in [3.63, 3.8) is 0 Å². The summed E-state index contributed by atoms with van der Waals surface area (Å²) in [7, 11) is 0. The Morgan fingerprint density at radius 2 is 2.06 bits per heavy atom. The number of nitrogen functional groups attached to an aromatic ring is 2. The van der Waals surface area contributed by atoms with Gasteiger partial charge in [0, 0.05) is 6.07 Å². The number of ether oxygens (including phenoxy) is 1. The molecule has 90 valence electrons. The van der Waals surface area contributed by atoms with Gasteiger partial charge in [-0.1, -0.05) is 13.8 Å². The maximum Gasteiger partial charge on any atom is 0.225 e. The van der Waals surface area contributed by atoms with Crippen molar-refractivity contribution < 1.29 is 4.74 Å². The number of rotatable bonds is 5. The first-order chi connectivity index (χ1) is 7.51. The number of nitrogens with one attached hydrogen (secondary N) is 1. The molecule has 0 fully saturated rings. The van der Waals surface area contributed by atoms with E-state index in [-0.39, 0.29) is 12.1 Å². The molecule has 0 aliphatic carbocycles. The molecule has 5 N–H and O–H groups in total. The van der Waals surface area contributed by atoms with Gasteiger partial charge in [0.2, 0.25) is 11.8 Å². The van der Waals surface area contributed by atoms with Gasteiger partial charge >= 0.3 is 0 Å². The maximum atomic E-state index is 5.62. The van der Waals surface area contributed by atoms with Crippen LogP contribution in [0.5, 0.6) is 5.88 Å². The van der Waals surface area contributed by atoms with Crippen LogP contribution in [0.3, 0.4) is 0 Å². The van der Waals surface area contributed by atoms with Crippen LogP contribution in [0.2, 0.25) is 0 Å². The molecule has 0 saturated heterocycles. The summed E-state index contributed by atoms with van der Waals surface area (Å²) < 4.78 is 5.62. The second kappa shape index (κ2) is 5.50. The Morgan fingerprint density at radius 1 is 1.38 bits per heavy atom. The molecule has 1 atom stereocenters. The van der Waals surface area contributed by atoms with Crippen LogP contribution in [-0.2, 0) is 0 Å². The van der Waals surface area contributed by atoms with Gasteiger partial charge in [0.15, 0.2) is 0 Å². The summed E-state index contributed by atoms with van der Waals surface area (Å²) >= 11 is 0. The Bertz CT molecular complexity index is 342. The van der Waals surface area contributed by atoms with Crippen molar-refractivity contribution >= 4 is 11.8 Å². The first kappa shape index (κ1) is 12.5. The second-order valence-corrected chi connectivity index (χ2v) is 4.15. The molecule has 1 unspecified atom stereocenters. The molecule has 0 aliphatic heterocycles. The van der Waals surface area contributed by atoms with Gasteiger partial charge in [-0.25, -0.2) is 5.84 Å². The summed E-state index contributed by atoms with van der Waals surface area (Å²) in [5.74, 6) is 6.84. The van der Waals surface area contributed by atoms with Gasteiger partial charge < -0.3 is 15.9 Å². The van der Waals surface area contributed by atoms with Gasteiger partial charge in [-0.2, -0.15) is 9.97 Å². The van der Waals surface area contributed by atoms with Crippen LogP contribution >= 0.6 is 0 Å². The molecule has 0 saturated carbocycles. The van der Waals surface area contributed by atoms with E-state index < -0.39 is 0 Å². The molecule has 16 heavy (non-hydrogen) atoms. The van der Waals surface area contributed by atoms with Crippen molar-refractivity contribution in [2.75, 3.05) is 11.2 Å². The molecule has 0 amide bonds. The van der Waals surface area contributed by atoms with Crippen LogP contribution < -0.4 is 21.7 Å². The van der Waals surface area contributed by atoms with E-state index >= 15 is 0 Å². The first-order valence-corrected chi connectivity index (χ1v) is 5.29. The largest absolute Gasteiger partial charge is 0.474 e. The topological polar surface area (TPSA) is 99.1 Å². The predicted molar refractivity (Wildman–Crippen MR) is 63.8 cm³/mol. The molecule has 0 radical (unpaired) electrons. The van der Waals surface area contributed by atoms with Crippen molar-refractivity contribution in [3.8, 4) is 5.88 Å². The summed E-state index contributed by atoms with van der Waals surface area (Å²) in [4.78, 5) is 7.85. The quantitative estimate of drug-likeness (QED) is 0.513. The Morgan fingerprint density at radius 3 is 2.62 bits per heavy atom. The fourth-order valence-electron chi connectivity index (χ4n) is 1.50. The van der Waals surface area contributed by atoms with Gasteiger partial charge in [0.05, 0.1) is 6.10 Å². The van der Waals surface area contributed by atoms with E-state index in [1.54, 1.807) is 6.07 Å². The van der Waals surface area contributed by atoms with Gasteiger partial charge in [-0.15, -0.1) is 0 Å². The van der Waals surface area contributed by atoms with E-state index in [0.717, 1.165) is 6.42 Å². The normalized spacial score (nSPS) is 12.6. The highest BCUT2D eigenvalue weighted by atomic mass is 16.5. The van der Waals surface area contributed by atoms with Crippen LogP contribution in [-0.4, -0.2) is 16.1 Å². The SMILES string of the molecule is CC(C)CC(C)Oc1cc(NN)nc(N)n1. The molecule has 1 rings (SSSR count). The molecule has 6 heteroatoms. The Hall–Kier alpha value is -1.56. The fourth-order valence-corrected chi connectivity index (χ4v) is 1.50. The monoisotopic (exact) mass is 225 g/mol. The van der Waals surface area contributed by atoms with Gasteiger partial charge in [0.25, 0.3) is 0 Å². The molecule has 0 bridgehead atoms. The number of hydrogen-bond acceptors (Lipinski definition) is 6. The molecule has 0 aromatic carbocycles. The molecule has 1 aromatic heterocycles. The average Bonchev–Trinajstić information content (AvgIpc) is 2.14. The van der Waals surface area contributed by atoms with E-state index in [1.165, 1.54) is 0 Å². The summed E-state index contributed by atoms with van der Waals surface area (Å²) in [5.41, 5.74) is 7.93.